The maximum atomic E-state index is 5.00. The van der Waals surface area contributed by atoms with Crippen LogP contribution >= 0.6 is 0 Å². The fraction of sp³-hybridized carbons (Fsp3) is 0.196. The highest BCUT2D eigenvalue weighted by molar-refractivity contribution is 6.00. The highest BCUT2D eigenvalue weighted by Crippen LogP contribution is 2.41. The van der Waals surface area contributed by atoms with E-state index in [1.807, 2.05) is 6.08 Å². The number of nitrogens with zero attached hydrogens (tertiary/aromatic N) is 1. The molecule has 2 aliphatic rings. The van der Waals surface area contributed by atoms with Crippen molar-refractivity contribution in [2.75, 3.05) is 0 Å². The lowest BCUT2D eigenvalue weighted by Crippen LogP contribution is -2.11. The summed E-state index contributed by atoms with van der Waals surface area (Å²) in [4.78, 5) is 5.00. The van der Waals surface area contributed by atoms with Gasteiger partial charge in [0, 0.05) is 11.6 Å². The molecule has 2 unspecified atom stereocenters. The van der Waals surface area contributed by atoms with E-state index in [1.165, 1.54) is 50.1 Å². The monoisotopic (exact) mass is 611 g/mol. The van der Waals surface area contributed by atoms with Gasteiger partial charge in [-0.05, 0) is 109 Å². The number of hydrogen-bond acceptors (Lipinski definition) is 1. The van der Waals surface area contributed by atoms with Crippen molar-refractivity contribution in [3.05, 3.63) is 197 Å². The third-order valence-corrected chi connectivity index (χ3v) is 10.00. The molecule has 0 N–H and O–H groups in total. The standard InChI is InChI=1S/C46H45N/c1-6-37(27-28-42-31-41-20-11-13-24-44(41)46-26-15-14-25-45(42)46)34(4)47-35(5)39-22-16-21-38(30-39)32(2)33(3)43-23-12-10-19-40(43)29-36-17-8-7-9-18-36/h6-22,24-27,30,42-43H,1,4,23,28-29,31H2,2-3,5H3/b33-32+,37-27+,47-35+. The fourth-order valence-electron chi connectivity index (χ4n) is 7.17. The molecule has 0 fully saturated rings. The third-order valence-electron chi connectivity index (χ3n) is 10.00. The Morgan fingerprint density at radius 1 is 0.830 bits per heavy atom. The zero-order valence-electron chi connectivity index (χ0n) is 28.0. The Bertz CT molecular complexity index is 1940. The minimum Gasteiger partial charge on any atom is -0.253 e. The van der Waals surface area contributed by atoms with Crippen molar-refractivity contribution in [1.29, 1.82) is 0 Å². The molecule has 0 aromatic heterocycles. The average molecular weight is 612 g/mol. The molecular formula is C46H45N. The van der Waals surface area contributed by atoms with Gasteiger partial charge in [0.25, 0.3) is 0 Å². The molecule has 0 heterocycles. The van der Waals surface area contributed by atoms with Crippen molar-refractivity contribution in [2.45, 2.75) is 52.4 Å². The second-order valence-electron chi connectivity index (χ2n) is 12.9. The molecule has 47 heavy (non-hydrogen) atoms. The van der Waals surface area contributed by atoms with Gasteiger partial charge in [-0.25, -0.2) is 0 Å². The summed E-state index contributed by atoms with van der Waals surface area (Å²) in [6.45, 7) is 15.1. The van der Waals surface area contributed by atoms with Crippen LogP contribution in [0.3, 0.4) is 0 Å². The van der Waals surface area contributed by atoms with Crippen LogP contribution < -0.4 is 0 Å². The van der Waals surface area contributed by atoms with Gasteiger partial charge in [-0.1, -0.05) is 152 Å². The molecule has 0 spiro atoms. The first kappa shape index (κ1) is 32.0. The molecule has 6 rings (SSSR count). The number of fused-ring (bicyclic) bond motifs is 3. The summed E-state index contributed by atoms with van der Waals surface area (Å²) in [6, 6.07) is 37.2. The summed E-state index contributed by atoms with van der Waals surface area (Å²) in [5, 5.41) is 0. The summed E-state index contributed by atoms with van der Waals surface area (Å²) < 4.78 is 0. The molecule has 0 saturated heterocycles. The molecule has 1 heteroatoms. The van der Waals surface area contributed by atoms with Crippen LogP contribution in [0.4, 0.5) is 0 Å². The Hall–Kier alpha value is -5.01. The molecule has 0 aliphatic heterocycles. The lowest BCUT2D eigenvalue weighted by molar-refractivity contribution is 0.686. The number of allylic oxidation sites excluding steroid dienone is 8. The molecule has 234 valence electrons. The lowest BCUT2D eigenvalue weighted by atomic mass is 9.77. The van der Waals surface area contributed by atoms with Crippen LogP contribution in [-0.2, 0) is 12.8 Å². The Balaban J connectivity index is 1.19. The number of hydrogen-bond donors (Lipinski definition) is 0. The van der Waals surface area contributed by atoms with Crippen molar-refractivity contribution in [1.82, 2.24) is 0 Å². The van der Waals surface area contributed by atoms with E-state index in [0.29, 0.717) is 11.8 Å². The molecule has 0 amide bonds. The molecule has 0 bridgehead atoms. The predicted octanol–water partition coefficient (Wildman–Crippen LogP) is 12.1. The summed E-state index contributed by atoms with van der Waals surface area (Å²) >= 11 is 0. The molecule has 2 atom stereocenters. The van der Waals surface area contributed by atoms with Crippen molar-refractivity contribution >= 4 is 11.3 Å². The number of rotatable bonds is 10. The first-order valence-electron chi connectivity index (χ1n) is 16.8. The number of aliphatic imine (C=N–C) groups is 1. The van der Waals surface area contributed by atoms with E-state index in [2.05, 4.69) is 161 Å². The predicted molar refractivity (Wildman–Crippen MR) is 203 cm³/mol. The Morgan fingerprint density at radius 3 is 2.36 bits per heavy atom. The average Bonchev–Trinajstić information content (AvgIpc) is 3.12. The third kappa shape index (κ3) is 7.21. The zero-order chi connectivity index (χ0) is 32.8. The normalized spacial score (nSPS) is 18.1. The van der Waals surface area contributed by atoms with Gasteiger partial charge in [0.15, 0.2) is 0 Å². The lowest BCUT2D eigenvalue weighted by Gasteiger charge is -2.27. The SMILES string of the molecule is C=C/C(=C\CC1Cc2ccccc2-c2ccccc21)C(=C)/N=C(\C)c1cccc(/C(C)=C(\C)C2CC=CC=C2Cc2ccccc2)c1. The minimum absolute atomic E-state index is 0.406. The molecule has 0 radical (unpaired) electrons. The van der Waals surface area contributed by atoms with E-state index in [1.54, 1.807) is 0 Å². The summed E-state index contributed by atoms with van der Waals surface area (Å²) in [6.07, 6.45) is 15.0. The van der Waals surface area contributed by atoms with E-state index in [0.717, 1.165) is 48.2 Å². The number of benzene rings is 4. The van der Waals surface area contributed by atoms with Crippen LogP contribution in [0.2, 0.25) is 0 Å². The molecule has 4 aromatic rings. The maximum Gasteiger partial charge on any atom is 0.0630 e. The van der Waals surface area contributed by atoms with Crippen LogP contribution in [0.15, 0.2) is 174 Å². The topological polar surface area (TPSA) is 12.4 Å². The zero-order valence-corrected chi connectivity index (χ0v) is 28.0. The summed E-state index contributed by atoms with van der Waals surface area (Å²) in [5.74, 6) is 0.814. The van der Waals surface area contributed by atoms with Gasteiger partial charge in [0.2, 0.25) is 0 Å². The van der Waals surface area contributed by atoms with Crippen molar-refractivity contribution in [2.24, 2.45) is 10.9 Å². The van der Waals surface area contributed by atoms with Crippen LogP contribution in [0, 0.1) is 5.92 Å². The molecule has 1 nitrogen and oxygen atoms in total. The van der Waals surface area contributed by atoms with E-state index < -0.39 is 0 Å². The van der Waals surface area contributed by atoms with Crippen LogP contribution in [-0.4, -0.2) is 5.71 Å². The van der Waals surface area contributed by atoms with E-state index in [4.69, 9.17) is 4.99 Å². The molecule has 0 saturated carbocycles. The van der Waals surface area contributed by atoms with Gasteiger partial charge in [0.05, 0.1) is 5.70 Å². The molecule has 4 aromatic carbocycles. The second-order valence-corrected chi connectivity index (χ2v) is 12.9. The van der Waals surface area contributed by atoms with Gasteiger partial charge in [0.1, 0.15) is 0 Å². The van der Waals surface area contributed by atoms with Crippen molar-refractivity contribution in [3.8, 4) is 11.1 Å². The first-order chi connectivity index (χ1) is 22.9. The fourth-order valence-corrected chi connectivity index (χ4v) is 7.17. The van der Waals surface area contributed by atoms with Gasteiger partial charge in [-0.2, -0.15) is 0 Å². The first-order valence-corrected chi connectivity index (χ1v) is 16.8. The van der Waals surface area contributed by atoms with Crippen molar-refractivity contribution < 1.29 is 0 Å². The van der Waals surface area contributed by atoms with Crippen LogP contribution in [0.1, 0.15) is 67.3 Å². The summed E-state index contributed by atoms with van der Waals surface area (Å²) in [7, 11) is 0. The Kier molecular flexibility index (Phi) is 9.93. The minimum atomic E-state index is 0.406. The second kappa shape index (κ2) is 14.6. The molecule has 2 aliphatic carbocycles. The van der Waals surface area contributed by atoms with Gasteiger partial charge in [-0.3, -0.25) is 4.99 Å². The molecular weight excluding hydrogens is 567 g/mol. The summed E-state index contributed by atoms with van der Waals surface area (Å²) in [5.41, 5.74) is 16.2. The van der Waals surface area contributed by atoms with Gasteiger partial charge in [-0.15, -0.1) is 0 Å². The van der Waals surface area contributed by atoms with E-state index in [-0.39, 0.29) is 0 Å². The highest BCUT2D eigenvalue weighted by atomic mass is 14.8. The van der Waals surface area contributed by atoms with E-state index in [9.17, 15) is 0 Å². The van der Waals surface area contributed by atoms with Gasteiger partial charge < -0.3 is 0 Å². The smallest absolute Gasteiger partial charge is 0.0630 e. The van der Waals surface area contributed by atoms with Gasteiger partial charge >= 0.3 is 0 Å². The quantitative estimate of drug-likeness (QED) is 0.125. The van der Waals surface area contributed by atoms with Crippen LogP contribution in [0.25, 0.3) is 16.7 Å². The Morgan fingerprint density at radius 2 is 1.55 bits per heavy atom. The maximum absolute atomic E-state index is 5.00. The van der Waals surface area contributed by atoms with Crippen LogP contribution in [0.5, 0.6) is 0 Å². The highest BCUT2D eigenvalue weighted by Gasteiger charge is 2.24. The Labute approximate surface area is 281 Å². The van der Waals surface area contributed by atoms with Crippen molar-refractivity contribution in [3.63, 3.8) is 0 Å². The van der Waals surface area contributed by atoms with E-state index >= 15 is 0 Å². The largest absolute Gasteiger partial charge is 0.253 e.